The standard InChI is InChI=1S/C22H16BrN3OS/c1-15-10-11-19-20(12-15)28-22(25-19)26(24-14-16-6-3-2-4-7-16)21(27)17-8-5-9-18(23)13-17/h2-14H,1H3/b24-14+. The minimum Gasteiger partial charge on any atom is -0.267 e. The summed E-state index contributed by atoms with van der Waals surface area (Å²) in [5, 5.41) is 6.39. The normalized spacial score (nSPS) is 11.2. The van der Waals surface area contributed by atoms with E-state index in [2.05, 4.69) is 32.1 Å². The van der Waals surface area contributed by atoms with E-state index in [1.807, 2.05) is 61.5 Å². The summed E-state index contributed by atoms with van der Waals surface area (Å²) in [6.45, 7) is 2.04. The van der Waals surface area contributed by atoms with Crippen LogP contribution in [-0.4, -0.2) is 17.1 Å². The van der Waals surface area contributed by atoms with E-state index >= 15 is 0 Å². The first-order valence-corrected chi connectivity index (χ1v) is 10.3. The molecule has 1 aromatic heterocycles. The molecule has 4 nitrogen and oxygen atoms in total. The molecule has 0 unspecified atom stereocenters. The number of aryl methyl sites for hydroxylation is 1. The van der Waals surface area contributed by atoms with E-state index in [4.69, 9.17) is 0 Å². The van der Waals surface area contributed by atoms with Crippen LogP contribution in [0.15, 0.2) is 82.4 Å². The lowest BCUT2D eigenvalue weighted by Crippen LogP contribution is -2.25. The zero-order chi connectivity index (χ0) is 19.5. The van der Waals surface area contributed by atoms with Crippen molar-refractivity contribution in [3.63, 3.8) is 0 Å². The summed E-state index contributed by atoms with van der Waals surface area (Å²) in [6.07, 6.45) is 1.67. The zero-order valence-corrected chi connectivity index (χ0v) is 17.4. The predicted molar refractivity (Wildman–Crippen MR) is 119 cm³/mol. The van der Waals surface area contributed by atoms with Gasteiger partial charge >= 0.3 is 0 Å². The maximum atomic E-state index is 13.2. The van der Waals surface area contributed by atoms with Gasteiger partial charge < -0.3 is 0 Å². The van der Waals surface area contributed by atoms with E-state index in [0.29, 0.717) is 10.7 Å². The van der Waals surface area contributed by atoms with Crippen molar-refractivity contribution in [2.45, 2.75) is 6.92 Å². The lowest BCUT2D eigenvalue weighted by molar-refractivity contribution is 0.0988. The van der Waals surface area contributed by atoms with Gasteiger partial charge in [-0.3, -0.25) is 4.79 Å². The Hall–Kier alpha value is -2.83. The fourth-order valence-corrected chi connectivity index (χ4v) is 4.13. The smallest absolute Gasteiger partial charge is 0.267 e. The molecule has 0 atom stereocenters. The number of hydrazone groups is 1. The second kappa shape index (κ2) is 8.04. The van der Waals surface area contributed by atoms with Crippen LogP contribution in [0.2, 0.25) is 0 Å². The molecular weight excluding hydrogens is 434 g/mol. The summed E-state index contributed by atoms with van der Waals surface area (Å²) in [6, 6.07) is 23.0. The number of amides is 1. The molecule has 0 aliphatic carbocycles. The van der Waals surface area contributed by atoms with Gasteiger partial charge in [0.1, 0.15) is 0 Å². The molecule has 4 aromatic rings. The Morgan fingerprint density at radius 1 is 1.07 bits per heavy atom. The van der Waals surface area contributed by atoms with E-state index < -0.39 is 0 Å². The Labute approximate surface area is 175 Å². The Morgan fingerprint density at radius 3 is 2.68 bits per heavy atom. The largest absolute Gasteiger partial charge is 0.280 e. The highest BCUT2D eigenvalue weighted by Crippen LogP contribution is 2.31. The molecular formula is C22H16BrN3OS. The number of halogens is 1. The second-order valence-electron chi connectivity index (χ2n) is 6.25. The van der Waals surface area contributed by atoms with E-state index in [9.17, 15) is 4.79 Å². The molecule has 0 aliphatic rings. The van der Waals surface area contributed by atoms with Crippen molar-refractivity contribution in [3.8, 4) is 0 Å². The van der Waals surface area contributed by atoms with Gasteiger partial charge in [0.15, 0.2) is 0 Å². The number of anilines is 1. The van der Waals surface area contributed by atoms with Crippen molar-refractivity contribution in [2.24, 2.45) is 5.10 Å². The molecule has 3 aromatic carbocycles. The zero-order valence-electron chi connectivity index (χ0n) is 15.0. The number of rotatable bonds is 4. The van der Waals surface area contributed by atoms with Gasteiger partial charge in [-0.05, 0) is 48.4 Å². The topological polar surface area (TPSA) is 45.6 Å². The highest BCUT2D eigenvalue weighted by Gasteiger charge is 2.21. The number of carbonyl (C=O) groups excluding carboxylic acids is 1. The van der Waals surface area contributed by atoms with Gasteiger partial charge in [-0.1, -0.05) is 69.7 Å². The van der Waals surface area contributed by atoms with E-state index in [-0.39, 0.29) is 5.91 Å². The maximum Gasteiger partial charge on any atom is 0.280 e. The molecule has 6 heteroatoms. The number of benzene rings is 3. The van der Waals surface area contributed by atoms with Crippen LogP contribution in [0.3, 0.4) is 0 Å². The molecule has 0 bridgehead atoms. The van der Waals surface area contributed by atoms with Crippen molar-refractivity contribution < 1.29 is 4.79 Å². The minimum atomic E-state index is -0.232. The molecule has 4 rings (SSSR count). The number of carbonyl (C=O) groups is 1. The number of aromatic nitrogens is 1. The summed E-state index contributed by atoms with van der Waals surface area (Å²) in [5.41, 5.74) is 3.45. The Kier molecular flexibility index (Phi) is 5.32. The molecule has 28 heavy (non-hydrogen) atoms. The number of fused-ring (bicyclic) bond motifs is 1. The van der Waals surface area contributed by atoms with Gasteiger partial charge in [-0.25, -0.2) is 4.98 Å². The lowest BCUT2D eigenvalue weighted by atomic mass is 10.2. The summed E-state index contributed by atoms with van der Waals surface area (Å²) in [7, 11) is 0. The summed E-state index contributed by atoms with van der Waals surface area (Å²) >= 11 is 4.88. The highest BCUT2D eigenvalue weighted by atomic mass is 79.9. The lowest BCUT2D eigenvalue weighted by Gasteiger charge is -2.14. The summed E-state index contributed by atoms with van der Waals surface area (Å²) < 4.78 is 1.86. The van der Waals surface area contributed by atoms with E-state index in [1.54, 1.807) is 18.3 Å². The van der Waals surface area contributed by atoms with Gasteiger partial charge in [0.2, 0.25) is 5.13 Å². The average Bonchev–Trinajstić information content (AvgIpc) is 3.11. The third kappa shape index (κ3) is 4.03. The van der Waals surface area contributed by atoms with Crippen LogP contribution in [0.5, 0.6) is 0 Å². The second-order valence-corrected chi connectivity index (χ2v) is 8.17. The van der Waals surface area contributed by atoms with Crippen LogP contribution < -0.4 is 5.01 Å². The highest BCUT2D eigenvalue weighted by molar-refractivity contribution is 9.10. The first-order chi connectivity index (χ1) is 13.6. The maximum absolute atomic E-state index is 13.2. The molecule has 0 saturated heterocycles. The van der Waals surface area contributed by atoms with Gasteiger partial charge in [-0.15, -0.1) is 0 Å². The molecule has 0 spiro atoms. The number of nitrogens with zero attached hydrogens (tertiary/aromatic N) is 3. The van der Waals surface area contributed by atoms with Crippen molar-refractivity contribution in [1.29, 1.82) is 0 Å². The Morgan fingerprint density at radius 2 is 1.89 bits per heavy atom. The predicted octanol–water partition coefficient (Wildman–Crippen LogP) is 6.05. The van der Waals surface area contributed by atoms with Crippen LogP contribution in [0.4, 0.5) is 5.13 Å². The monoisotopic (exact) mass is 449 g/mol. The van der Waals surface area contributed by atoms with Crippen molar-refractivity contribution in [1.82, 2.24) is 4.98 Å². The molecule has 138 valence electrons. The van der Waals surface area contributed by atoms with Crippen LogP contribution >= 0.6 is 27.3 Å². The van der Waals surface area contributed by atoms with Gasteiger partial charge in [0, 0.05) is 10.0 Å². The first kappa shape index (κ1) is 18.5. The van der Waals surface area contributed by atoms with Gasteiger partial charge in [0.05, 0.1) is 16.4 Å². The quantitative estimate of drug-likeness (QED) is 0.281. The summed E-state index contributed by atoms with van der Waals surface area (Å²) in [4.78, 5) is 17.9. The number of thiazole rings is 1. The Bertz CT molecular complexity index is 1170. The van der Waals surface area contributed by atoms with Crippen LogP contribution in [0, 0.1) is 6.92 Å². The fraction of sp³-hybridized carbons (Fsp3) is 0.0455. The minimum absolute atomic E-state index is 0.232. The van der Waals surface area contributed by atoms with Gasteiger partial charge in [0.25, 0.3) is 5.91 Å². The third-order valence-corrected chi connectivity index (χ3v) is 5.59. The number of hydrogen-bond acceptors (Lipinski definition) is 4. The van der Waals surface area contributed by atoms with Crippen molar-refractivity contribution >= 4 is 54.7 Å². The molecule has 0 fully saturated rings. The fourth-order valence-electron chi connectivity index (χ4n) is 2.71. The number of hydrogen-bond donors (Lipinski definition) is 0. The molecule has 0 radical (unpaired) electrons. The Balaban J connectivity index is 1.77. The van der Waals surface area contributed by atoms with Crippen LogP contribution in [0.25, 0.3) is 10.2 Å². The summed E-state index contributed by atoms with van der Waals surface area (Å²) in [5.74, 6) is -0.232. The van der Waals surface area contributed by atoms with Crippen molar-refractivity contribution in [3.05, 3.63) is 94.0 Å². The molecule has 0 aliphatic heterocycles. The first-order valence-electron chi connectivity index (χ1n) is 8.66. The van der Waals surface area contributed by atoms with Crippen LogP contribution in [-0.2, 0) is 0 Å². The third-order valence-electron chi connectivity index (χ3n) is 4.10. The molecule has 1 amide bonds. The van der Waals surface area contributed by atoms with E-state index in [1.165, 1.54) is 16.3 Å². The van der Waals surface area contributed by atoms with Crippen LogP contribution in [0.1, 0.15) is 21.5 Å². The van der Waals surface area contributed by atoms with Crippen molar-refractivity contribution in [2.75, 3.05) is 5.01 Å². The molecule has 0 saturated carbocycles. The van der Waals surface area contributed by atoms with E-state index in [0.717, 1.165) is 25.8 Å². The average molecular weight is 450 g/mol. The molecule has 1 heterocycles. The molecule has 0 N–H and O–H groups in total. The van der Waals surface area contributed by atoms with Gasteiger partial charge in [-0.2, -0.15) is 10.1 Å². The SMILES string of the molecule is Cc1ccc2nc(N(/N=C/c3ccccc3)C(=O)c3cccc(Br)c3)sc2c1.